The molecule has 0 atom stereocenters. The number of hydrogen-bond donors (Lipinski definition) is 0. The van der Waals surface area contributed by atoms with Crippen LogP contribution in [-0.2, 0) is 22.4 Å². The van der Waals surface area contributed by atoms with Gasteiger partial charge in [0.25, 0.3) is 6.47 Å². The Bertz CT molecular complexity index is 571. The van der Waals surface area contributed by atoms with Gasteiger partial charge in [0.1, 0.15) is 16.3 Å². The zero-order chi connectivity index (χ0) is 13.7. The second-order valence-electron chi connectivity index (χ2n) is 4.11. The first kappa shape index (κ1) is 14.2. The summed E-state index contributed by atoms with van der Waals surface area (Å²) in [6.07, 6.45) is 6.44. The molecule has 1 aliphatic carbocycles. The smallest absolute Gasteiger partial charge is 0.293 e. The number of fused-ring (bicyclic) bond motifs is 3. The molecule has 0 bridgehead atoms. The average molecular weight is 299 g/mol. The minimum absolute atomic E-state index is 0.431. The van der Waals surface area contributed by atoms with Crippen LogP contribution in [0, 0.1) is 0 Å². The minimum atomic E-state index is 0.431. The van der Waals surface area contributed by atoms with E-state index in [0.29, 0.717) is 18.2 Å². The highest BCUT2D eigenvalue weighted by atomic mass is 35.5. The van der Waals surface area contributed by atoms with Crippen LogP contribution in [0.15, 0.2) is 6.33 Å². The lowest BCUT2D eigenvalue weighted by molar-refractivity contribution is -0.128. The zero-order valence-corrected chi connectivity index (χ0v) is 12.3. The quantitative estimate of drug-likeness (QED) is 0.630. The molecule has 0 saturated carbocycles. The summed E-state index contributed by atoms with van der Waals surface area (Å²) in [6, 6.07) is 0. The van der Waals surface area contributed by atoms with Gasteiger partial charge in [-0.3, -0.25) is 4.79 Å². The third-order valence-corrected chi connectivity index (χ3v) is 4.43. The van der Waals surface area contributed by atoms with Gasteiger partial charge in [0.15, 0.2) is 0 Å². The van der Waals surface area contributed by atoms with E-state index in [2.05, 4.69) is 14.7 Å². The number of carbonyl (C=O) groups is 1. The molecule has 4 nitrogen and oxygen atoms in total. The highest BCUT2D eigenvalue weighted by Crippen LogP contribution is 2.37. The molecule has 3 rings (SSSR count). The molecule has 0 amide bonds. The average Bonchev–Trinajstić information content (AvgIpc) is 2.80. The Kier molecular flexibility index (Phi) is 5.10. The van der Waals surface area contributed by atoms with E-state index < -0.39 is 0 Å². The lowest BCUT2D eigenvalue weighted by Gasteiger charge is -2.10. The van der Waals surface area contributed by atoms with Crippen molar-refractivity contribution >= 4 is 39.6 Å². The molecule has 0 radical (unpaired) electrons. The number of nitrogens with zero attached hydrogens (tertiary/aromatic N) is 2. The molecule has 102 valence electrons. The van der Waals surface area contributed by atoms with Gasteiger partial charge in [-0.25, -0.2) is 9.97 Å². The summed E-state index contributed by atoms with van der Waals surface area (Å²) in [7, 11) is 0. The fourth-order valence-corrected chi connectivity index (χ4v) is 3.65. The van der Waals surface area contributed by atoms with Crippen LogP contribution in [0.1, 0.15) is 30.2 Å². The van der Waals surface area contributed by atoms with Crippen LogP contribution in [0.3, 0.4) is 0 Å². The Labute approximate surface area is 120 Å². The van der Waals surface area contributed by atoms with Crippen molar-refractivity contribution in [2.75, 3.05) is 6.61 Å². The molecule has 1 aliphatic rings. The maximum Gasteiger partial charge on any atom is 0.293 e. The summed E-state index contributed by atoms with van der Waals surface area (Å²) >= 11 is 7.87. The Morgan fingerprint density at radius 1 is 1.42 bits per heavy atom. The maximum absolute atomic E-state index is 9.18. The van der Waals surface area contributed by atoms with Gasteiger partial charge in [0.05, 0.1) is 12.0 Å². The summed E-state index contributed by atoms with van der Waals surface area (Å²) in [5.74, 6) is 0. The molecule has 0 spiro atoms. The first-order valence-corrected chi connectivity index (χ1v) is 7.43. The molecule has 0 N–H and O–H groups in total. The van der Waals surface area contributed by atoms with Crippen molar-refractivity contribution in [2.45, 2.75) is 32.6 Å². The van der Waals surface area contributed by atoms with E-state index in [1.165, 1.54) is 29.7 Å². The van der Waals surface area contributed by atoms with Gasteiger partial charge in [0, 0.05) is 4.88 Å². The Hall–Kier alpha value is -1.20. The summed E-state index contributed by atoms with van der Waals surface area (Å²) in [5.41, 5.74) is 1.40. The number of aromatic nitrogens is 2. The fraction of sp³-hybridized carbons (Fsp3) is 0.462. The molecule has 19 heavy (non-hydrogen) atoms. The van der Waals surface area contributed by atoms with Crippen LogP contribution < -0.4 is 0 Å². The number of thiophene rings is 1. The number of halogens is 1. The number of ether oxygens (including phenoxy) is 1. The van der Waals surface area contributed by atoms with Gasteiger partial charge < -0.3 is 4.74 Å². The van der Waals surface area contributed by atoms with E-state index in [0.717, 1.165) is 16.6 Å². The fourth-order valence-electron chi connectivity index (χ4n) is 2.12. The second kappa shape index (κ2) is 6.82. The van der Waals surface area contributed by atoms with Crippen molar-refractivity contribution in [1.82, 2.24) is 9.97 Å². The van der Waals surface area contributed by atoms with Crippen LogP contribution >= 0.6 is 22.9 Å². The molecule has 0 unspecified atom stereocenters. The lowest BCUT2D eigenvalue weighted by Crippen LogP contribution is -1.98. The summed E-state index contributed by atoms with van der Waals surface area (Å²) in [5, 5.41) is 1.73. The molecule has 0 fully saturated rings. The van der Waals surface area contributed by atoms with Crippen molar-refractivity contribution in [3.05, 3.63) is 21.9 Å². The predicted octanol–water partition coefficient (Wildman–Crippen LogP) is 3.40. The van der Waals surface area contributed by atoms with Gasteiger partial charge in [-0.15, -0.1) is 11.3 Å². The van der Waals surface area contributed by atoms with E-state index in [1.807, 2.05) is 0 Å². The van der Waals surface area contributed by atoms with Crippen LogP contribution in [0.25, 0.3) is 10.2 Å². The van der Waals surface area contributed by atoms with Crippen molar-refractivity contribution < 1.29 is 9.53 Å². The summed E-state index contributed by atoms with van der Waals surface area (Å²) in [6.45, 7) is 2.66. The van der Waals surface area contributed by atoms with E-state index in [4.69, 9.17) is 11.6 Å². The van der Waals surface area contributed by atoms with Gasteiger partial charge in [0.2, 0.25) is 0 Å². The zero-order valence-electron chi connectivity index (χ0n) is 10.7. The predicted molar refractivity (Wildman–Crippen MR) is 76.8 cm³/mol. The monoisotopic (exact) mass is 298 g/mol. The largest absolute Gasteiger partial charge is 0.468 e. The van der Waals surface area contributed by atoms with Crippen molar-refractivity contribution in [1.29, 1.82) is 0 Å². The number of aryl methyl sites for hydroxylation is 2. The first-order chi connectivity index (χ1) is 9.27. The van der Waals surface area contributed by atoms with Gasteiger partial charge in [-0.1, -0.05) is 11.6 Å². The highest BCUT2D eigenvalue weighted by molar-refractivity contribution is 7.19. The number of hydrogen-bond acceptors (Lipinski definition) is 5. The van der Waals surface area contributed by atoms with E-state index in [1.54, 1.807) is 24.6 Å². The van der Waals surface area contributed by atoms with Crippen molar-refractivity contribution in [2.24, 2.45) is 0 Å². The number of rotatable bonds is 2. The summed E-state index contributed by atoms with van der Waals surface area (Å²) < 4.78 is 4.15. The number of carbonyl (C=O) groups excluding carboxylic acids is 1. The van der Waals surface area contributed by atoms with Gasteiger partial charge in [-0.05, 0) is 38.2 Å². The first-order valence-electron chi connectivity index (χ1n) is 6.24. The van der Waals surface area contributed by atoms with Crippen LogP contribution in [0.2, 0.25) is 5.15 Å². The third kappa shape index (κ3) is 3.22. The molecule has 2 heterocycles. The molecule has 2 aromatic rings. The van der Waals surface area contributed by atoms with Crippen LogP contribution in [0.5, 0.6) is 0 Å². The van der Waals surface area contributed by atoms with Crippen LogP contribution in [0.4, 0.5) is 0 Å². The standard InChI is InChI=1S/C10H9ClN2S.C3H6O2/c11-9-8-6-3-1-2-4-7(6)14-10(8)13-5-12-9;1-2-5-3-4/h5H,1-4H2;3H,2H2,1H3. The lowest BCUT2D eigenvalue weighted by atomic mass is 9.97. The summed E-state index contributed by atoms with van der Waals surface area (Å²) in [4.78, 5) is 20.0. The molecule has 6 heteroatoms. The van der Waals surface area contributed by atoms with Gasteiger partial charge in [-0.2, -0.15) is 0 Å². The Balaban J connectivity index is 0.000000232. The van der Waals surface area contributed by atoms with E-state index in [9.17, 15) is 4.79 Å². The Morgan fingerprint density at radius 3 is 2.89 bits per heavy atom. The van der Waals surface area contributed by atoms with E-state index in [-0.39, 0.29) is 0 Å². The molecule has 2 aromatic heterocycles. The maximum atomic E-state index is 9.18. The molecule has 0 saturated heterocycles. The SMILES string of the molecule is CCOC=O.Clc1ncnc2sc3c(c12)CCCC3. The van der Waals surface area contributed by atoms with Crippen molar-refractivity contribution in [3.8, 4) is 0 Å². The normalized spacial score (nSPS) is 13.4. The van der Waals surface area contributed by atoms with Crippen molar-refractivity contribution in [3.63, 3.8) is 0 Å². The van der Waals surface area contributed by atoms with Crippen LogP contribution in [-0.4, -0.2) is 23.0 Å². The third-order valence-electron chi connectivity index (χ3n) is 2.94. The minimum Gasteiger partial charge on any atom is -0.468 e. The molecule has 0 aromatic carbocycles. The second-order valence-corrected chi connectivity index (χ2v) is 5.55. The Morgan fingerprint density at radius 2 is 2.21 bits per heavy atom. The van der Waals surface area contributed by atoms with Gasteiger partial charge >= 0.3 is 0 Å². The topological polar surface area (TPSA) is 52.1 Å². The van der Waals surface area contributed by atoms with E-state index >= 15 is 0 Å². The highest BCUT2D eigenvalue weighted by Gasteiger charge is 2.18. The molecule has 0 aliphatic heterocycles. The molecular formula is C13H15ClN2O2S. The molecular weight excluding hydrogens is 284 g/mol.